The minimum atomic E-state index is -0.513. The van der Waals surface area contributed by atoms with E-state index in [0.717, 1.165) is 6.42 Å². The molecule has 1 aromatic rings. The van der Waals surface area contributed by atoms with Crippen LogP contribution in [0, 0.1) is 5.92 Å². The zero-order valence-electron chi connectivity index (χ0n) is 14.2. The highest BCUT2D eigenvalue weighted by Gasteiger charge is 2.32. The van der Waals surface area contributed by atoms with Gasteiger partial charge in [-0.25, -0.2) is 0 Å². The van der Waals surface area contributed by atoms with Crippen LogP contribution >= 0.6 is 0 Å². The molecule has 6 heteroatoms. The molecular formula is C16H27N3O3. The summed E-state index contributed by atoms with van der Waals surface area (Å²) in [5.41, 5.74) is 0.457. The van der Waals surface area contributed by atoms with Crippen LogP contribution in [-0.2, 0) is 15.0 Å². The predicted octanol–water partition coefficient (Wildman–Crippen LogP) is 2.16. The molecule has 1 aliphatic heterocycles. The average molecular weight is 309 g/mol. The molecule has 1 saturated heterocycles. The van der Waals surface area contributed by atoms with Crippen molar-refractivity contribution in [3.05, 3.63) is 18.0 Å². The largest absolute Gasteiger partial charge is 0.352 e. The summed E-state index contributed by atoms with van der Waals surface area (Å²) < 4.78 is 13.0. The normalized spacial score (nSPS) is 19.1. The number of hydrogen-bond donors (Lipinski definition) is 1. The van der Waals surface area contributed by atoms with Crippen LogP contribution < -0.4 is 5.32 Å². The highest BCUT2D eigenvalue weighted by molar-refractivity contribution is 5.93. The second-order valence-electron chi connectivity index (χ2n) is 7.19. The molecule has 0 bridgehead atoms. The lowest BCUT2D eigenvalue weighted by molar-refractivity contribution is -0.153. The van der Waals surface area contributed by atoms with Gasteiger partial charge in [0.2, 0.25) is 0 Å². The number of hydrogen-bond acceptors (Lipinski definition) is 4. The van der Waals surface area contributed by atoms with Crippen LogP contribution in [0.15, 0.2) is 12.4 Å². The van der Waals surface area contributed by atoms with E-state index in [1.165, 1.54) is 0 Å². The van der Waals surface area contributed by atoms with Gasteiger partial charge >= 0.3 is 0 Å². The van der Waals surface area contributed by atoms with Gasteiger partial charge in [-0.2, -0.15) is 5.10 Å². The number of aromatic nitrogens is 2. The van der Waals surface area contributed by atoms with Crippen molar-refractivity contribution in [2.24, 2.45) is 5.92 Å². The standard InChI is InChI=1S/C16H27N3O3/c1-12(8-16(5)21-6-7-22-16)9-17-14(20)13-10-18-19(11-13)15(2,3)4/h10-12H,6-9H2,1-5H3,(H,17,20). The molecule has 1 atom stereocenters. The molecule has 0 spiro atoms. The first kappa shape index (κ1) is 17.0. The number of carbonyl (C=O) groups excluding carboxylic acids is 1. The third kappa shape index (κ3) is 4.30. The van der Waals surface area contributed by atoms with Crippen molar-refractivity contribution in [1.82, 2.24) is 15.1 Å². The highest BCUT2D eigenvalue weighted by Crippen LogP contribution is 2.26. The van der Waals surface area contributed by atoms with Gasteiger partial charge in [0.15, 0.2) is 5.79 Å². The Balaban J connectivity index is 1.83. The number of nitrogens with zero attached hydrogens (tertiary/aromatic N) is 2. The first-order chi connectivity index (χ1) is 10.2. The lowest BCUT2D eigenvalue weighted by Crippen LogP contribution is -2.34. The highest BCUT2D eigenvalue weighted by atomic mass is 16.7. The monoisotopic (exact) mass is 309 g/mol. The van der Waals surface area contributed by atoms with Crippen molar-refractivity contribution in [2.75, 3.05) is 19.8 Å². The molecule has 0 radical (unpaired) electrons. The molecule has 22 heavy (non-hydrogen) atoms. The van der Waals surface area contributed by atoms with Gasteiger partial charge < -0.3 is 14.8 Å². The van der Waals surface area contributed by atoms with Crippen LogP contribution in [0.3, 0.4) is 0 Å². The molecule has 124 valence electrons. The average Bonchev–Trinajstić information content (AvgIpc) is 3.04. The fourth-order valence-corrected chi connectivity index (χ4v) is 2.56. The number of rotatable bonds is 5. The zero-order chi connectivity index (χ0) is 16.4. The van der Waals surface area contributed by atoms with Gasteiger partial charge in [0.05, 0.1) is 30.5 Å². The molecule has 6 nitrogen and oxygen atoms in total. The summed E-state index contributed by atoms with van der Waals surface area (Å²) in [4.78, 5) is 12.2. The first-order valence-electron chi connectivity index (χ1n) is 7.81. The van der Waals surface area contributed by atoms with Crippen molar-refractivity contribution < 1.29 is 14.3 Å². The molecule has 0 aliphatic carbocycles. The summed E-state index contributed by atoms with van der Waals surface area (Å²) in [7, 11) is 0. The Kier molecular flexibility index (Phi) is 4.92. The fraction of sp³-hybridized carbons (Fsp3) is 0.750. The van der Waals surface area contributed by atoms with Crippen LogP contribution in [0.4, 0.5) is 0 Å². The third-order valence-electron chi connectivity index (χ3n) is 3.76. The lowest BCUT2D eigenvalue weighted by Gasteiger charge is -2.25. The molecule has 1 N–H and O–H groups in total. The van der Waals surface area contributed by atoms with E-state index < -0.39 is 5.79 Å². The maximum absolute atomic E-state index is 12.2. The Hall–Kier alpha value is -1.40. The fourth-order valence-electron chi connectivity index (χ4n) is 2.56. The Bertz CT molecular complexity index is 513. The van der Waals surface area contributed by atoms with E-state index in [4.69, 9.17) is 9.47 Å². The van der Waals surface area contributed by atoms with E-state index in [1.54, 1.807) is 17.1 Å². The summed E-state index contributed by atoms with van der Waals surface area (Å²) in [6.45, 7) is 12.0. The van der Waals surface area contributed by atoms with Crippen LogP contribution in [0.2, 0.25) is 0 Å². The number of carbonyl (C=O) groups is 1. The lowest BCUT2D eigenvalue weighted by atomic mass is 10.0. The number of nitrogens with one attached hydrogen (secondary N) is 1. The van der Waals surface area contributed by atoms with Crippen molar-refractivity contribution >= 4 is 5.91 Å². The van der Waals surface area contributed by atoms with Gasteiger partial charge in [-0.05, 0) is 33.6 Å². The van der Waals surface area contributed by atoms with Crippen LogP contribution in [0.5, 0.6) is 0 Å². The summed E-state index contributed by atoms with van der Waals surface area (Å²) in [6.07, 6.45) is 4.15. The third-order valence-corrected chi connectivity index (χ3v) is 3.76. The molecule has 1 aromatic heterocycles. The van der Waals surface area contributed by atoms with Gasteiger partial charge in [0, 0.05) is 19.2 Å². The van der Waals surface area contributed by atoms with Crippen molar-refractivity contribution in [3.63, 3.8) is 0 Å². The van der Waals surface area contributed by atoms with Crippen LogP contribution in [0.1, 0.15) is 51.4 Å². The molecule has 2 rings (SSSR count). The van der Waals surface area contributed by atoms with E-state index >= 15 is 0 Å². The summed E-state index contributed by atoms with van der Waals surface area (Å²) in [5, 5.41) is 7.20. The maximum atomic E-state index is 12.2. The van der Waals surface area contributed by atoms with Gasteiger partial charge in [-0.3, -0.25) is 9.48 Å². The molecule has 1 amide bonds. The quantitative estimate of drug-likeness (QED) is 0.905. The van der Waals surface area contributed by atoms with Gasteiger partial charge in [-0.15, -0.1) is 0 Å². The minimum absolute atomic E-state index is 0.0965. The number of amides is 1. The Morgan fingerprint density at radius 3 is 2.64 bits per heavy atom. The summed E-state index contributed by atoms with van der Waals surface area (Å²) in [6, 6.07) is 0. The Morgan fingerprint density at radius 1 is 1.45 bits per heavy atom. The predicted molar refractivity (Wildman–Crippen MR) is 83.6 cm³/mol. The van der Waals surface area contributed by atoms with E-state index in [-0.39, 0.29) is 17.4 Å². The Morgan fingerprint density at radius 2 is 2.09 bits per heavy atom. The van der Waals surface area contributed by atoms with Crippen molar-refractivity contribution in [1.29, 1.82) is 0 Å². The first-order valence-corrected chi connectivity index (χ1v) is 7.81. The second-order valence-corrected chi connectivity index (χ2v) is 7.19. The van der Waals surface area contributed by atoms with Gasteiger partial charge in [0.25, 0.3) is 5.91 Å². The molecule has 1 unspecified atom stereocenters. The van der Waals surface area contributed by atoms with Crippen molar-refractivity contribution in [2.45, 2.75) is 52.4 Å². The number of ether oxygens (including phenoxy) is 2. The van der Waals surface area contributed by atoms with Crippen molar-refractivity contribution in [3.8, 4) is 0 Å². The zero-order valence-corrected chi connectivity index (χ0v) is 14.2. The second kappa shape index (κ2) is 6.38. The Labute approximate surface area is 132 Å². The van der Waals surface area contributed by atoms with Crippen LogP contribution in [-0.4, -0.2) is 41.2 Å². The topological polar surface area (TPSA) is 65.4 Å². The minimum Gasteiger partial charge on any atom is -0.352 e. The maximum Gasteiger partial charge on any atom is 0.254 e. The molecule has 1 aliphatic rings. The molecule has 1 fully saturated rings. The molecule has 0 aromatic carbocycles. The molecule has 0 saturated carbocycles. The summed E-state index contributed by atoms with van der Waals surface area (Å²) >= 11 is 0. The van der Waals surface area contributed by atoms with Crippen LogP contribution in [0.25, 0.3) is 0 Å². The van der Waals surface area contributed by atoms with E-state index in [1.807, 2.05) is 27.7 Å². The van der Waals surface area contributed by atoms with E-state index in [0.29, 0.717) is 25.3 Å². The molecular weight excluding hydrogens is 282 g/mol. The van der Waals surface area contributed by atoms with Gasteiger partial charge in [-0.1, -0.05) is 6.92 Å². The smallest absolute Gasteiger partial charge is 0.254 e. The van der Waals surface area contributed by atoms with E-state index in [2.05, 4.69) is 17.3 Å². The summed E-state index contributed by atoms with van der Waals surface area (Å²) in [5.74, 6) is -0.341. The van der Waals surface area contributed by atoms with Gasteiger partial charge in [0.1, 0.15) is 0 Å². The SMILES string of the molecule is CC(CNC(=O)c1cnn(C(C)(C)C)c1)CC1(C)OCCO1. The molecule has 2 heterocycles. The van der Waals surface area contributed by atoms with E-state index in [9.17, 15) is 4.79 Å².